The zero-order valence-electron chi connectivity index (χ0n) is 29.5. The van der Waals surface area contributed by atoms with E-state index in [1.165, 1.54) is 11.1 Å². The van der Waals surface area contributed by atoms with E-state index in [1.54, 1.807) is 6.20 Å². The quantitative estimate of drug-likeness (QED) is 0.320. The minimum Gasteiger partial charge on any atom is -0.265 e. The van der Waals surface area contributed by atoms with Crippen LogP contribution >= 0.6 is 0 Å². The predicted octanol–water partition coefficient (Wildman–Crippen LogP) is 13.4. The van der Waals surface area contributed by atoms with E-state index in [9.17, 15) is 0 Å². The molecule has 0 atom stereocenters. The van der Waals surface area contributed by atoms with Gasteiger partial charge in [0, 0.05) is 36.7 Å². The van der Waals surface area contributed by atoms with Crippen LogP contribution < -0.4 is 0 Å². The smallest absolute Gasteiger partial charge is 0.0428 e. The van der Waals surface area contributed by atoms with Crippen molar-refractivity contribution < 1.29 is 0 Å². The standard InChI is InChI=1S/3C8H11N.6C2H6.CH4/c1-7(2)8-3-5-9-6-4-8;1-7(2)8-4-3-5-9-6-8;1-7(2)8-5-3-4-6-9-8;6*1-2;/h3*3-7H,1-2H3;6*1-2H3;1H4. The molecule has 3 heterocycles. The van der Waals surface area contributed by atoms with Crippen molar-refractivity contribution in [2.24, 2.45) is 0 Å². The van der Waals surface area contributed by atoms with Crippen LogP contribution in [0.3, 0.4) is 0 Å². The SMILES string of the molecule is C.CC.CC.CC.CC.CC.CC.CC(C)c1ccccn1.CC(C)c1cccnc1.CC(C)c1ccncc1. The lowest BCUT2D eigenvalue weighted by Gasteiger charge is -2.01. The van der Waals surface area contributed by atoms with Crippen LogP contribution in [0.15, 0.2) is 73.4 Å². The van der Waals surface area contributed by atoms with E-state index < -0.39 is 0 Å². The Kier molecular flexibility index (Phi) is 66.3. The molecule has 0 aliphatic rings. The predicted molar refractivity (Wildman–Crippen MR) is 190 cm³/mol. The van der Waals surface area contributed by atoms with Crippen molar-refractivity contribution in [3.8, 4) is 0 Å². The van der Waals surface area contributed by atoms with Crippen molar-refractivity contribution in [3.63, 3.8) is 0 Å². The number of hydrogen-bond donors (Lipinski definition) is 0. The Hall–Kier alpha value is -2.55. The summed E-state index contributed by atoms with van der Waals surface area (Å²) in [5.41, 5.74) is 3.82. The maximum absolute atomic E-state index is 4.18. The van der Waals surface area contributed by atoms with E-state index in [4.69, 9.17) is 0 Å². The van der Waals surface area contributed by atoms with Crippen LogP contribution in [-0.4, -0.2) is 15.0 Å². The van der Waals surface area contributed by atoms with Gasteiger partial charge < -0.3 is 0 Å². The zero-order chi connectivity index (χ0) is 32.1. The van der Waals surface area contributed by atoms with Gasteiger partial charge in [-0.05, 0) is 59.2 Å². The molecule has 0 N–H and O–H groups in total. The molecule has 0 radical (unpaired) electrons. The highest BCUT2D eigenvalue weighted by Gasteiger charge is 1.96. The highest BCUT2D eigenvalue weighted by molar-refractivity contribution is 5.13. The third kappa shape index (κ3) is 37.6. The second kappa shape index (κ2) is 49.4. The summed E-state index contributed by atoms with van der Waals surface area (Å²) in [4.78, 5) is 12.1. The van der Waals surface area contributed by atoms with Gasteiger partial charge in [0.15, 0.2) is 0 Å². The Morgan fingerprint density at radius 1 is 0.425 bits per heavy atom. The van der Waals surface area contributed by atoms with Crippen LogP contribution in [0.5, 0.6) is 0 Å². The fourth-order valence-electron chi connectivity index (χ4n) is 2.18. The Labute approximate surface area is 254 Å². The number of nitrogens with zero attached hydrogens (tertiary/aromatic N) is 3. The number of hydrogen-bond acceptors (Lipinski definition) is 3. The van der Waals surface area contributed by atoms with E-state index in [0.29, 0.717) is 17.8 Å². The molecular weight excluding hydrogens is 486 g/mol. The third-order valence-corrected chi connectivity index (χ3v) is 4.00. The molecule has 3 aromatic heterocycles. The topological polar surface area (TPSA) is 38.7 Å². The molecule has 0 spiro atoms. The largest absolute Gasteiger partial charge is 0.265 e. The Morgan fingerprint density at radius 2 is 0.875 bits per heavy atom. The maximum Gasteiger partial charge on any atom is 0.0428 e. The normalized spacial score (nSPS) is 7.72. The van der Waals surface area contributed by atoms with Gasteiger partial charge in [-0.1, -0.05) is 144 Å². The lowest BCUT2D eigenvalue weighted by Crippen LogP contribution is -1.88. The lowest BCUT2D eigenvalue weighted by atomic mass is 10.1. The molecule has 0 aliphatic carbocycles. The molecule has 0 saturated heterocycles. The van der Waals surface area contributed by atoms with Crippen LogP contribution in [-0.2, 0) is 0 Å². The zero-order valence-corrected chi connectivity index (χ0v) is 29.5. The summed E-state index contributed by atoms with van der Waals surface area (Å²) in [5.74, 6) is 1.76. The average Bonchev–Trinajstić information content (AvgIpc) is 3.05. The van der Waals surface area contributed by atoms with Crippen molar-refractivity contribution in [1.82, 2.24) is 15.0 Å². The summed E-state index contributed by atoms with van der Waals surface area (Å²) < 4.78 is 0. The summed E-state index contributed by atoms with van der Waals surface area (Å²) in [6.45, 7) is 37.0. The second-order valence-electron chi connectivity index (χ2n) is 7.29. The van der Waals surface area contributed by atoms with Crippen molar-refractivity contribution in [2.45, 2.75) is 150 Å². The maximum atomic E-state index is 4.18. The second-order valence-corrected chi connectivity index (χ2v) is 7.29. The minimum absolute atomic E-state index is 0. The summed E-state index contributed by atoms with van der Waals surface area (Å²) in [6.07, 6.45) is 9.19. The Balaban J connectivity index is -0.0000000679. The first kappa shape index (κ1) is 53.7. The third-order valence-electron chi connectivity index (χ3n) is 4.00. The number of aromatic nitrogens is 3. The molecule has 3 nitrogen and oxygen atoms in total. The van der Waals surface area contributed by atoms with Gasteiger partial charge in [-0.3, -0.25) is 15.0 Å². The molecule has 0 unspecified atom stereocenters. The van der Waals surface area contributed by atoms with Gasteiger partial charge in [0.25, 0.3) is 0 Å². The van der Waals surface area contributed by atoms with Gasteiger partial charge in [-0.15, -0.1) is 0 Å². The molecule has 40 heavy (non-hydrogen) atoms. The van der Waals surface area contributed by atoms with E-state index in [2.05, 4.69) is 62.6 Å². The van der Waals surface area contributed by atoms with E-state index in [-0.39, 0.29) is 7.43 Å². The summed E-state index contributed by atoms with van der Waals surface area (Å²) in [5, 5.41) is 0. The highest BCUT2D eigenvalue weighted by atomic mass is 14.7. The molecule has 3 heteroatoms. The summed E-state index contributed by atoms with van der Waals surface area (Å²) in [6, 6.07) is 14.2. The van der Waals surface area contributed by atoms with Gasteiger partial charge >= 0.3 is 0 Å². The van der Waals surface area contributed by atoms with Crippen molar-refractivity contribution in [2.75, 3.05) is 0 Å². The Bertz CT molecular complexity index is 607. The lowest BCUT2D eigenvalue weighted by molar-refractivity contribution is 0.823. The number of rotatable bonds is 3. The van der Waals surface area contributed by atoms with Crippen LogP contribution in [0.25, 0.3) is 0 Å². The molecule has 0 aromatic carbocycles. The molecular formula is C37H73N3. The molecule has 0 bridgehead atoms. The van der Waals surface area contributed by atoms with Gasteiger partial charge in [0.05, 0.1) is 0 Å². The van der Waals surface area contributed by atoms with E-state index >= 15 is 0 Å². The van der Waals surface area contributed by atoms with Crippen LogP contribution in [0.2, 0.25) is 0 Å². The summed E-state index contributed by atoms with van der Waals surface area (Å²) in [7, 11) is 0. The first-order chi connectivity index (χ1) is 18.9. The molecule has 0 amide bonds. The molecule has 0 fully saturated rings. The minimum atomic E-state index is 0. The summed E-state index contributed by atoms with van der Waals surface area (Å²) >= 11 is 0. The van der Waals surface area contributed by atoms with Crippen molar-refractivity contribution in [3.05, 3.63) is 90.3 Å². The van der Waals surface area contributed by atoms with Crippen LogP contribution in [0, 0.1) is 0 Å². The monoisotopic (exact) mass is 560 g/mol. The molecule has 0 saturated carbocycles. The van der Waals surface area contributed by atoms with E-state index in [1.807, 2.05) is 144 Å². The first-order valence-corrected chi connectivity index (χ1v) is 15.6. The van der Waals surface area contributed by atoms with Crippen LogP contribution in [0.1, 0.15) is 167 Å². The van der Waals surface area contributed by atoms with Crippen molar-refractivity contribution >= 4 is 0 Å². The van der Waals surface area contributed by atoms with Gasteiger partial charge in [0.2, 0.25) is 0 Å². The van der Waals surface area contributed by atoms with Crippen LogP contribution in [0.4, 0.5) is 0 Å². The Morgan fingerprint density at radius 3 is 1.10 bits per heavy atom. The van der Waals surface area contributed by atoms with Gasteiger partial charge in [0.1, 0.15) is 0 Å². The fraction of sp³-hybridized carbons (Fsp3) is 0.595. The fourth-order valence-corrected chi connectivity index (χ4v) is 2.18. The molecule has 0 aliphatic heterocycles. The van der Waals surface area contributed by atoms with Gasteiger partial charge in [-0.25, -0.2) is 0 Å². The molecule has 3 rings (SSSR count). The van der Waals surface area contributed by atoms with Gasteiger partial charge in [-0.2, -0.15) is 0 Å². The average molecular weight is 560 g/mol. The first-order valence-electron chi connectivity index (χ1n) is 15.6. The van der Waals surface area contributed by atoms with Crippen molar-refractivity contribution in [1.29, 1.82) is 0 Å². The molecule has 3 aromatic rings. The highest BCUT2D eigenvalue weighted by Crippen LogP contribution is 2.11. The van der Waals surface area contributed by atoms with E-state index in [0.717, 1.165) is 5.69 Å². The molecule has 236 valence electrons. The number of pyridine rings is 3.